The van der Waals surface area contributed by atoms with E-state index in [-0.39, 0.29) is 0 Å². The Labute approximate surface area is 154 Å². The van der Waals surface area contributed by atoms with Crippen LogP contribution in [0.1, 0.15) is 35.7 Å². The molecule has 2 heterocycles. The molecule has 1 aromatic heterocycles. The number of nitrogens with zero attached hydrogens (tertiary/aromatic N) is 3. The van der Waals surface area contributed by atoms with Crippen molar-refractivity contribution in [1.29, 1.82) is 0 Å². The van der Waals surface area contributed by atoms with Crippen LogP contribution in [0.2, 0.25) is 0 Å². The fourth-order valence-corrected chi connectivity index (χ4v) is 3.33. The Hall–Kier alpha value is -2.72. The van der Waals surface area contributed by atoms with Crippen LogP contribution in [0, 0.1) is 6.92 Å². The van der Waals surface area contributed by atoms with Gasteiger partial charge in [-0.1, -0.05) is 60.7 Å². The van der Waals surface area contributed by atoms with Crippen molar-refractivity contribution in [3.63, 3.8) is 0 Å². The zero-order chi connectivity index (χ0) is 17.8. The van der Waals surface area contributed by atoms with Crippen molar-refractivity contribution >= 4 is 11.4 Å². The van der Waals surface area contributed by atoms with Crippen LogP contribution in [-0.4, -0.2) is 28.7 Å². The number of benzene rings is 2. The summed E-state index contributed by atoms with van der Waals surface area (Å²) >= 11 is 0. The Bertz CT molecular complexity index is 837. The average Bonchev–Trinajstić information content (AvgIpc) is 3.08. The number of aryl methyl sites for hydroxylation is 1. The highest BCUT2D eigenvalue weighted by Gasteiger charge is 2.18. The molecule has 0 atom stereocenters. The van der Waals surface area contributed by atoms with E-state index in [1.165, 1.54) is 0 Å². The first-order valence-electron chi connectivity index (χ1n) is 9.14. The second kappa shape index (κ2) is 7.67. The molecule has 26 heavy (non-hydrogen) atoms. The molecule has 4 nitrogen and oxygen atoms in total. The van der Waals surface area contributed by atoms with E-state index in [1.54, 1.807) is 0 Å². The molecule has 0 amide bonds. The first-order valence-corrected chi connectivity index (χ1v) is 9.14. The number of rotatable bonds is 4. The lowest BCUT2D eigenvalue weighted by Crippen LogP contribution is -2.19. The highest BCUT2D eigenvalue weighted by molar-refractivity contribution is 6.13. The predicted octanol–water partition coefficient (Wildman–Crippen LogP) is 4.71. The zero-order valence-corrected chi connectivity index (χ0v) is 15.0. The number of hydrogen-bond acceptors (Lipinski definition) is 3. The molecule has 1 fully saturated rings. The molecule has 4 rings (SSSR count). The van der Waals surface area contributed by atoms with Crippen LogP contribution >= 0.6 is 0 Å². The van der Waals surface area contributed by atoms with Crippen molar-refractivity contribution in [1.82, 2.24) is 9.78 Å². The highest BCUT2D eigenvalue weighted by atomic mass is 16.5. The van der Waals surface area contributed by atoms with E-state index in [9.17, 15) is 0 Å². The number of ether oxygens (including phenoxy) is 1. The summed E-state index contributed by atoms with van der Waals surface area (Å²) in [5.41, 5.74) is 5.08. The van der Waals surface area contributed by atoms with Gasteiger partial charge in [0.25, 0.3) is 0 Å². The fourth-order valence-electron chi connectivity index (χ4n) is 3.33. The fraction of sp³-hybridized carbons (Fsp3) is 0.273. The molecule has 0 aliphatic carbocycles. The lowest BCUT2D eigenvalue weighted by atomic mass is 10.0. The van der Waals surface area contributed by atoms with Crippen LogP contribution in [0.5, 0.6) is 0 Å². The zero-order valence-electron chi connectivity index (χ0n) is 15.0. The minimum Gasteiger partial charge on any atom is -0.381 e. The molecule has 0 bridgehead atoms. The van der Waals surface area contributed by atoms with Gasteiger partial charge in [0, 0.05) is 24.3 Å². The molecule has 4 heteroatoms. The van der Waals surface area contributed by atoms with Crippen LogP contribution in [0.25, 0.3) is 0 Å². The summed E-state index contributed by atoms with van der Waals surface area (Å²) in [7, 11) is 0. The van der Waals surface area contributed by atoms with Crippen LogP contribution < -0.4 is 0 Å². The third-order valence-electron chi connectivity index (χ3n) is 4.78. The van der Waals surface area contributed by atoms with Crippen molar-refractivity contribution in [2.24, 2.45) is 4.99 Å². The Morgan fingerprint density at radius 3 is 2.12 bits per heavy atom. The van der Waals surface area contributed by atoms with Gasteiger partial charge < -0.3 is 4.74 Å². The summed E-state index contributed by atoms with van der Waals surface area (Å²) in [6.45, 7) is 3.64. The van der Waals surface area contributed by atoms with Crippen molar-refractivity contribution in [3.8, 4) is 0 Å². The third kappa shape index (κ3) is 3.60. The third-order valence-corrected chi connectivity index (χ3v) is 4.78. The van der Waals surface area contributed by atoms with Crippen molar-refractivity contribution < 1.29 is 4.74 Å². The number of aromatic nitrogens is 2. The summed E-state index contributed by atoms with van der Waals surface area (Å²) in [4.78, 5) is 5.02. The quantitative estimate of drug-likeness (QED) is 0.642. The van der Waals surface area contributed by atoms with E-state index in [1.807, 2.05) is 43.3 Å². The molecule has 0 unspecified atom stereocenters. The van der Waals surface area contributed by atoms with Crippen molar-refractivity contribution in [2.75, 3.05) is 13.2 Å². The van der Waals surface area contributed by atoms with E-state index < -0.39 is 0 Å². The smallest absolute Gasteiger partial charge is 0.105 e. The lowest BCUT2D eigenvalue weighted by molar-refractivity contribution is 0.0662. The topological polar surface area (TPSA) is 39.4 Å². The van der Waals surface area contributed by atoms with Crippen LogP contribution in [0.3, 0.4) is 0 Å². The molecule has 0 saturated carbocycles. The molecular weight excluding hydrogens is 322 g/mol. The molecule has 0 N–H and O–H groups in total. The van der Waals surface area contributed by atoms with E-state index in [4.69, 9.17) is 14.8 Å². The molecule has 0 radical (unpaired) electrons. The number of aliphatic imine (C=N–C) groups is 1. The largest absolute Gasteiger partial charge is 0.381 e. The maximum Gasteiger partial charge on any atom is 0.105 e. The molecule has 2 aromatic carbocycles. The van der Waals surface area contributed by atoms with Gasteiger partial charge in [0.2, 0.25) is 0 Å². The predicted molar refractivity (Wildman–Crippen MR) is 104 cm³/mol. The van der Waals surface area contributed by atoms with Gasteiger partial charge in [-0.3, -0.25) is 4.68 Å². The van der Waals surface area contributed by atoms with Gasteiger partial charge in [0.15, 0.2) is 0 Å². The van der Waals surface area contributed by atoms with Gasteiger partial charge in [-0.25, -0.2) is 4.99 Å². The molecule has 3 aromatic rings. The van der Waals surface area contributed by atoms with Crippen LogP contribution in [-0.2, 0) is 4.74 Å². The van der Waals surface area contributed by atoms with Gasteiger partial charge in [-0.05, 0) is 19.8 Å². The van der Waals surface area contributed by atoms with Crippen LogP contribution in [0.15, 0.2) is 71.9 Å². The summed E-state index contributed by atoms with van der Waals surface area (Å²) in [5, 5.41) is 4.73. The second-order valence-electron chi connectivity index (χ2n) is 6.62. The maximum atomic E-state index is 5.47. The van der Waals surface area contributed by atoms with E-state index in [2.05, 4.69) is 35.1 Å². The summed E-state index contributed by atoms with van der Waals surface area (Å²) in [6.07, 6.45) is 4.10. The SMILES string of the molecule is Cc1nn(C2CCOCC2)cc1N=C(c1ccccc1)c1ccccc1. The minimum absolute atomic E-state index is 0.406. The van der Waals surface area contributed by atoms with E-state index in [0.717, 1.165) is 54.3 Å². The summed E-state index contributed by atoms with van der Waals surface area (Å²) in [6, 6.07) is 21.1. The molecule has 1 saturated heterocycles. The molecular formula is C22H23N3O. The Morgan fingerprint density at radius 2 is 1.54 bits per heavy atom. The molecule has 0 spiro atoms. The molecule has 1 aliphatic heterocycles. The first kappa shape index (κ1) is 16.7. The summed E-state index contributed by atoms with van der Waals surface area (Å²) < 4.78 is 7.54. The van der Waals surface area contributed by atoms with Gasteiger partial charge >= 0.3 is 0 Å². The van der Waals surface area contributed by atoms with Gasteiger partial charge in [-0.2, -0.15) is 5.10 Å². The monoisotopic (exact) mass is 345 g/mol. The summed E-state index contributed by atoms with van der Waals surface area (Å²) in [5.74, 6) is 0. The van der Waals surface area contributed by atoms with E-state index in [0.29, 0.717) is 6.04 Å². The van der Waals surface area contributed by atoms with Gasteiger partial charge in [0.1, 0.15) is 5.69 Å². The maximum absolute atomic E-state index is 5.47. The standard InChI is InChI=1S/C22H23N3O/c1-17-21(16-25(24-17)20-12-14-26-15-13-20)23-22(18-8-4-2-5-9-18)19-10-6-3-7-11-19/h2-11,16,20H,12-15H2,1H3. The molecule has 1 aliphatic rings. The Balaban J connectivity index is 1.74. The van der Waals surface area contributed by atoms with Crippen LogP contribution in [0.4, 0.5) is 5.69 Å². The van der Waals surface area contributed by atoms with E-state index >= 15 is 0 Å². The first-order chi connectivity index (χ1) is 12.8. The van der Waals surface area contributed by atoms with Gasteiger partial charge in [-0.15, -0.1) is 0 Å². The number of hydrogen-bond donors (Lipinski definition) is 0. The Kier molecular flexibility index (Phi) is 4.93. The lowest BCUT2D eigenvalue weighted by Gasteiger charge is -2.22. The average molecular weight is 345 g/mol. The minimum atomic E-state index is 0.406. The highest BCUT2D eigenvalue weighted by Crippen LogP contribution is 2.26. The normalized spacial score (nSPS) is 15.0. The van der Waals surface area contributed by atoms with Crippen molar-refractivity contribution in [2.45, 2.75) is 25.8 Å². The second-order valence-corrected chi connectivity index (χ2v) is 6.62. The van der Waals surface area contributed by atoms with Gasteiger partial charge in [0.05, 0.1) is 23.6 Å². The molecule has 132 valence electrons. The van der Waals surface area contributed by atoms with Crippen molar-refractivity contribution in [3.05, 3.63) is 83.7 Å². The Morgan fingerprint density at radius 1 is 0.962 bits per heavy atom.